The Balaban J connectivity index is 1.32. The Morgan fingerprint density at radius 1 is 1.03 bits per heavy atom. The molecule has 5 rings (SSSR count). The second kappa shape index (κ2) is 11.7. The first kappa shape index (κ1) is 26.5. The molecule has 2 aliphatic heterocycles. The molecule has 2 aliphatic rings. The molecular formula is C30H30N4O4S. The number of carbonyl (C=O) groups excluding carboxylic acids is 2. The van der Waals surface area contributed by atoms with Crippen molar-refractivity contribution in [3.8, 4) is 11.5 Å². The Morgan fingerprint density at radius 2 is 1.77 bits per heavy atom. The monoisotopic (exact) mass is 542 g/mol. The molecular weight excluding hydrogens is 512 g/mol. The third-order valence-electron chi connectivity index (χ3n) is 6.75. The summed E-state index contributed by atoms with van der Waals surface area (Å²) in [6, 6.07) is 23.6. The molecule has 9 heteroatoms. The zero-order valence-corrected chi connectivity index (χ0v) is 22.9. The van der Waals surface area contributed by atoms with Crippen molar-refractivity contribution < 1.29 is 19.1 Å². The topological polar surface area (TPSA) is 92.6 Å². The molecule has 2 atom stereocenters. The minimum absolute atomic E-state index is 0.0101. The number of thioether (sulfide) groups is 1. The molecule has 0 aromatic heterocycles. The number of aliphatic imine (C=N–C) groups is 1. The zero-order valence-electron chi connectivity index (χ0n) is 22.1. The van der Waals surface area contributed by atoms with Crippen LogP contribution in [0.4, 0.5) is 5.69 Å². The summed E-state index contributed by atoms with van der Waals surface area (Å²) in [4.78, 5) is 30.1. The van der Waals surface area contributed by atoms with Crippen LogP contribution in [0.1, 0.15) is 42.5 Å². The molecule has 0 bridgehead atoms. The van der Waals surface area contributed by atoms with Crippen LogP contribution in [-0.2, 0) is 16.0 Å². The van der Waals surface area contributed by atoms with Gasteiger partial charge in [0.25, 0.3) is 5.91 Å². The average molecular weight is 543 g/mol. The van der Waals surface area contributed by atoms with Crippen molar-refractivity contribution >= 4 is 40.1 Å². The number of carbonyl (C=O) groups is 2. The SMILES string of the molecule is CCc1ccc([C@@H]2CC(c3ccccc3)=NN2C2=NC(=O)[C@H](CC(=O)Nc3ccc(OC)c(OC)c3)S2)cc1. The number of nitrogens with one attached hydrogen (secondary N) is 1. The lowest BCUT2D eigenvalue weighted by Gasteiger charge is -2.23. The summed E-state index contributed by atoms with van der Waals surface area (Å²) in [5.41, 5.74) is 4.89. The summed E-state index contributed by atoms with van der Waals surface area (Å²) >= 11 is 1.29. The van der Waals surface area contributed by atoms with Crippen LogP contribution >= 0.6 is 11.8 Å². The molecule has 0 aliphatic carbocycles. The van der Waals surface area contributed by atoms with E-state index >= 15 is 0 Å². The lowest BCUT2D eigenvalue weighted by molar-refractivity contribution is -0.121. The Bertz CT molecular complexity index is 1420. The Kier molecular flexibility index (Phi) is 7.97. The summed E-state index contributed by atoms with van der Waals surface area (Å²) < 4.78 is 10.6. The van der Waals surface area contributed by atoms with Crippen molar-refractivity contribution in [2.75, 3.05) is 19.5 Å². The lowest BCUT2D eigenvalue weighted by Crippen LogP contribution is -2.25. The van der Waals surface area contributed by atoms with E-state index in [1.165, 1.54) is 24.4 Å². The van der Waals surface area contributed by atoms with E-state index in [2.05, 4.69) is 41.5 Å². The van der Waals surface area contributed by atoms with Crippen LogP contribution in [-0.4, -0.2) is 47.2 Å². The lowest BCUT2D eigenvalue weighted by atomic mass is 9.97. The number of hydrogen-bond acceptors (Lipinski definition) is 7. The largest absolute Gasteiger partial charge is 0.493 e. The first-order valence-corrected chi connectivity index (χ1v) is 13.7. The number of rotatable bonds is 8. The van der Waals surface area contributed by atoms with E-state index < -0.39 is 5.25 Å². The van der Waals surface area contributed by atoms with Gasteiger partial charge in [-0.1, -0.05) is 73.3 Å². The number of nitrogens with zero attached hydrogens (tertiary/aromatic N) is 3. The van der Waals surface area contributed by atoms with E-state index in [9.17, 15) is 9.59 Å². The van der Waals surface area contributed by atoms with Crippen molar-refractivity contribution in [2.45, 2.75) is 37.5 Å². The molecule has 0 saturated heterocycles. The number of hydrazone groups is 1. The fraction of sp³-hybridized carbons (Fsp3) is 0.267. The molecule has 1 N–H and O–H groups in total. The Morgan fingerprint density at radius 3 is 2.46 bits per heavy atom. The van der Waals surface area contributed by atoms with Crippen LogP contribution in [0.3, 0.4) is 0 Å². The predicted molar refractivity (Wildman–Crippen MR) is 155 cm³/mol. The second-order valence-electron chi connectivity index (χ2n) is 9.23. The van der Waals surface area contributed by atoms with Crippen molar-refractivity contribution in [1.29, 1.82) is 0 Å². The van der Waals surface area contributed by atoms with E-state index in [1.807, 2.05) is 35.3 Å². The number of aryl methyl sites for hydroxylation is 1. The maximum atomic E-state index is 12.9. The van der Waals surface area contributed by atoms with Gasteiger partial charge in [0, 0.05) is 24.6 Å². The maximum Gasteiger partial charge on any atom is 0.262 e. The molecule has 0 saturated carbocycles. The molecule has 0 radical (unpaired) electrons. The van der Waals surface area contributed by atoms with E-state index in [1.54, 1.807) is 25.3 Å². The van der Waals surface area contributed by atoms with Crippen molar-refractivity contribution in [2.24, 2.45) is 10.1 Å². The third kappa shape index (κ3) is 5.83. The molecule has 39 heavy (non-hydrogen) atoms. The van der Waals surface area contributed by atoms with Crippen LogP contribution in [0.2, 0.25) is 0 Å². The van der Waals surface area contributed by atoms with E-state index in [0.29, 0.717) is 28.8 Å². The van der Waals surface area contributed by atoms with Gasteiger partial charge in [-0.15, -0.1) is 0 Å². The number of anilines is 1. The van der Waals surface area contributed by atoms with Gasteiger partial charge in [-0.25, -0.2) is 5.01 Å². The van der Waals surface area contributed by atoms with Gasteiger partial charge in [0.15, 0.2) is 16.7 Å². The van der Waals surface area contributed by atoms with E-state index in [4.69, 9.17) is 14.6 Å². The third-order valence-corrected chi connectivity index (χ3v) is 7.90. The number of hydrogen-bond donors (Lipinski definition) is 1. The van der Waals surface area contributed by atoms with Crippen LogP contribution < -0.4 is 14.8 Å². The number of ether oxygens (including phenoxy) is 2. The first-order valence-electron chi connectivity index (χ1n) is 12.8. The summed E-state index contributed by atoms with van der Waals surface area (Å²) in [5.74, 6) is 0.452. The number of amidine groups is 1. The molecule has 0 spiro atoms. The predicted octanol–water partition coefficient (Wildman–Crippen LogP) is 5.44. The first-order chi connectivity index (χ1) is 19.0. The van der Waals surface area contributed by atoms with Gasteiger partial charge < -0.3 is 14.8 Å². The van der Waals surface area contributed by atoms with Gasteiger partial charge in [0.2, 0.25) is 5.91 Å². The van der Waals surface area contributed by atoms with Gasteiger partial charge in [-0.3, -0.25) is 9.59 Å². The van der Waals surface area contributed by atoms with Crippen LogP contribution in [0.15, 0.2) is 82.9 Å². The average Bonchev–Trinajstić information content (AvgIpc) is 3.57. The van der Waals surface area contributed by atoms with Crippen LogP contribution in [0.5, 0.6) is 11.5 Å². The standard InChI is InChI=1S/C30H30N4O4S/c1-4-19-10-12-21(13-11-19)24-17-23(20-8-6-5-7-9-20)33-34(24)30-32-29(36)27(39-30)18-28(35)31-22-14-15-25(37-2)26(16-22)38-3/h5-16,24,27H,4,17-18H2,1-3H3,(H,31,35)/t24-,27-/m0/s1. The van der Waals surface area contributed by atoms with Gasteiger partial charge in [-0.2, -0.15) is 10.1 Å². The fourth-order valence-corrected chi connectivity index (χ4v) is 5.69. The van der Waals surface area contributed by atoms with Gasteiger partial charge in [-0.05, 0) is 35.2 Å². The van der Waals surface area contributed by atoms with Crippen LogP contribution in [0, 0.1) is 0 Å². The molecule has 8 nitrogen and oxygen atoms in total. The smallest absolute Gasteiger partial charge is 0.262 e. The van der Waals surface area contributed by atoms with Gasteiger partial charge in [0.05, 0.1) is 26.0 Å². The van der Waals surface area contributed by atoms with Crippen molar-refractivity contribution in [3.05, 3.63) is 89.5 Å². The molecule has 0 fully saturated rings. The summed E-state index contributed by atoms with van der Waals surface area (Å²) in [5, 5.41) is 9.49. The van der Waals surface area contributed by atoms with Crippen LogP contribution in [0.25, 0.3) is 0 Å². The van der Waals surface area contributed by atoms with E-state index in [0.717, 1.165) is 23.3 Å². The van der Waals surface area contributed by atoms with Gasteiger partial charge >= 0.3 is 0 Å². The molecule has 2 amide bonds. The highest BCUT2D eigenvalue weighted by Crippen LogP contribution is 2.39. The Labute approximate surface area is 232 Å². The highest BCUT2D eigenvalue weighted by Gasteiger charge is 2.39. The molecule has 3 aromatic carbocycles. The number of methoxy groups -OCH3 is 2. The normalized spacial score (nSPS) is 18.5. The molecule has 200 valence electrons. The maximum absolute atomic E-state index is 12.9. The fourth-order valence-electron chi connectivity index (χ4n) is 4.63. The number of amides is 2. The van der Waals surface area contributed by atoms with Crippen molar-refractivity contribution in [1.82, 2.24) is 5.01 Å². The molecule has 3 aromatic rings. The Hall–Kier alpha value is -4.11. The minimum Gasteiger partial charge on any atom is -0.493 e. The quantitative estimate of drug-likeness (QED) is 0.407. The summed E-state index contributed by atoms with van der Waals surface area (Å²) in [6.07, 6.45) is 1.64. The molecule has 2 heterocycles. The minimum atomic E-state index is -0.626. The second-order valence-corrected chi connectivity index (χ2v) is 10.4. The van der Waals surface area contributed by atoms with Gasteiger partial charge in [0.1, 0.15) is 5.25 Å². The van der Waals surface area contributed by atoms with E-state index in [-0.39, 0.29) is 24.3 Å². The summed E-state index contributed by atoms with van der Waals surface area (Å²) in [7, 11) is 3.08. The highest BCUT2D eigenvalue weighted by molar-refractivity contribution is 8.15. The van der Waals surface area contributed by atoms with Crippen molar-refractivity contribution in [3.63, 3.8) is 0 Å². The molecule has 0 unspecified atom stereocenters. The zero-order chi connectivity index (χ0) is 27.4. The summed E-state index contributed by atoms with van der Waals surface area (Å²) in [6.45, 7) is 2.13. The number of benzene rings is 3. The highest BCUT2D eigenvalue weighted by atomic mass is 32.2.